The van der Waals surface area contributed by atoms with E-state index >= 15 is 0 Å². The lowest BCUT2D eigenvalue weighted by Gasteiger charge is -2.14. The zero-order valence-corrected chi connectivity index (χ0v) is 19.5. The maximum absolute atomic E-state index is 13.0. The van der Waals surface area contributed by atoms with Gasteiger partial charge in [-0.15, -0.1) is 11.3 Å². The van der Waals surface area contributed by atoms with E-state index in [2.05, 4.69) is 16.6 Å². The average Bonchev–Trinajstić information content (AvgIpc) is 3.39. The number of rotatable bonds is 6. The second-order valence-corrected chi connectivity index (χ2v) is 10.6. The van der Waals surface area contributed by atoms with Crippen LogP contribution in [0.4, 0.5) is 4.39 Å². The molecule has 0 spiro atoms. The molecule has 4 aromatic rings. The predicted octanol–water partition coefficient (Wildman–Crippen LogP) is 3.46. The molecule has 0 aliphatic heterocycles. The van der Waals surface area contributed by atoms with Crippen LogP contribution in [0, 0.1) is 17.7 Å². The van der Waals surface area contributed by atoms with Crippen molar-refractivity contribution in [2.75, 3.05) is 0 Å². The molecule has 0 unspecified atom stereocenters. The van der Waals surface area contributed by atoms with Gasteiger partial charge in [-0.3, -0.25) is 4.79 Å². The highest BCUT2D eigenvalue weighted by Gasteiger charge is 2.28. The van der Waals surface area contributed by atoms with Crippen LogP contribution >= 0.6 is 11.3 Å². The lowest BCUT2D eigenvalue weighted by molar-refractivity contribution is -0.138. The number of hydrogen-bond donors (Lipinski definition) is 3. The molecule has 0 saturated carbocycles. The molecule has 34 heavy (non-hydrogen) atoms. The lowest BCUT2D eigenvalue weighted by Crippen LogP contribution is -2.42. The zero-order valence-electron chi connectivity index (χ0n) is 17.8. The molecule has 1 atom stereocenters. The summed E-state index contributed by atoms with van der Waals surface area (Å²) in [6.07, 6.45) is 1.51. The topological polar surface area (TPSA) is 109 Å². The molecule has 2 aromatic carbocycles. The highest BCUT2D eigenvalue weighted by Crippen LogP contribution is 2.30. The van der Waals surface area contributed by atoms with Crippen LogP contribution < -0.4 is 4.72 Å². The van der Waals surface area contributed by atoms with Crippen molar-refractivity contribution in [2.45, 2.75) is 16.7 Å². The average molecular weight is 499 g/mol. The summed E-state index contributed by atoms with van der Waals surface area (Å²) >= 11 is 0.896. The zero-order chi connectivity index (χ0) is 24.5. The number of hydrogen-bond acceptors (Lipinski definition) is 5. The Bertz CT molecular complexity index is 1540. The smallest absolute Gasteiger partial charge is 0.322 e. The van der Waals surface area contributed by atoms with Gasteiger partial charge in [0.1, 0.15) is 21.8 Å². The molecule has 2 heterocycles. The molecule has 4 rings (SSSR count). The van der Waals surface area contributed by atoms with Gasteiger partial charge in [0, 0.05) is 30.6 Å². The Kier molecular flexibility index (Phi) is 6.43. The lowest BCUT2D eigenvalue weighted by atomic mass is 10.1. The first-order valence-corrected chi connectivity index (χ1v) is 12.3. The maximum Gasteiger partial charge on any atom is 0.322 e. The standard InChI is InChI=1S/C24H19FN2O5S2/c1-27-14-16(23-20(27)3-2-4-21(23)28)13-19(24(29)30)26-34(31,32)22-12-11-18(33-22)10-7-15-5-8-17(25)9-6-15/h2-6,8-9,11-12,14,19,26,28H,13H2,1H3,(H,29,30)/t19-/m0/s1. The molecule has 7 nitrogen and oxygen atoms in total. The Balaban J connectivity index is 1.56. The first kappa shape index (κ1) is 23.5. The number of aromatic hydroxyl groups is 1. The summed E-state index contributed by atoms with van der Waals surface area (Å²) in [7, 11) is -2.39. The van der Waals surface area contributed by atoms with Crippen LogP contribution in [0.5, 0.6) is 5.75 Å². The number of nitrogens with zero attached hydrogens (tertiary/aromatic N) is 1. The van der Waals surface area contributed by atoms with Crippen molar-refractivity contribution < 1.29 is 27.8 Å². The summed E-state index contributed by atoms with van der Waals surface area (Å²) in [5.41, 5.74) is 1.77. The molecule has 0 fully saturated rings. The third kappa shape index (κ3) is 4.97. The van der Waals surface area contributed by atoms with Crippen LogP contribution in [-0.4, -0.2) is 35.2 Å². The molecule has 174 valence electrons. The van der Waals surface area contributed by atoms with E-state index in [4.69, 9.17) is 0 Å². The number of aromatic nitrogens is 1. The van der Waals surface area contributed by atoms with Crippen molar-refractivity contribution in [3.63, 3.8) is 0 Å². The van der Waals surface area contributed by atoms with E-state index < -0.39 is 22.0 Å². The summed E-state index contributed by atoms with van der Waals surface area (Å²) in [6, 6.07) is 11.9. The minimum Gasteiger partial charge on any atom is -0.507 e. The van der Waals surface area contributed by atoms with Crippen molar-refractivity contribution in [2.24, 2.45) is 7.05 Å². The largest absolute Gasteiger partial charge is 0.507 e. The van der Waals surface area contributed by atoms with E-state index in [1.807, 2.05) is 0 Å². The molecule has 0 bridgehead atoms. The third-order valence-electron chi connectivity index (χ3n) is 5.11. The molecule has 0 aliphatic rings. The van der Waals surface area contributed by atoms with E-state index in [9.17, 15) is 27.8 Å². The Labute approximate surface area is 199 Å². The number of thiophene rings is 1. The van der Waals surface area contributed by atoms with Crippen LogP contribution in [0.1, 0.15) is 16.0 Å². The Morgan fingerprint density at radius 2 is 1.88 bits per heavy atom. The second-order valence-electron chi connectivity index (χ2n) is 7.53. The minimum absolute atomic E-state index is 0.0114. The maximum atomic E-state index is 13.0. The number of phenols is 1. The van der Waals surface area contributed by atoms with Crippen molar-refractivity contribution in [3.05, 3.63) is 82.6 Å². The van der Waals surface area contributed by atoms with E-state index in [1.165, 1.54) is 42.5 Å². The normalized spacial score (nSPS) is 12.3. The van der Waals surface area contributed by atoms with Crippen LogP contribution in [0.2, 0.25) is 0 Å². The van der Waals surface area contributed by atoms with Crippen LogP contribution in [0.15, 0.2) is 65.0 Å². The first-order valence-electron chi connectivity index (χ1n) is 10.0. The number of aryl methyl sites for hydroxylation is 1. The number of benzene rings is 2. The van der Waals surface area contributed by atoms with Gasteiger partial charge in [-0.1, -0.05) is 17.9 Å². The van der Waals surface area contributed by atoms with Crippen LogP contribution in [0.25, 0.3) is 10.9 Å². The molecule has 0 radical (unpaired) electrons. The van der Waals surface area contributed by atoms with Crippen LogP contribution in [-0.2, 0) is 28.3 Å². The van der Waals surface area contributed by atoms with Gasteiger partial charge in [-0.25, -0.2) is 12.8 Å². The van der Waals surface area contributed by atoms with E-state index in [0.29, 0.717) is 26.9 Å². The highest BCUT2D eigenvalue weighted by molar-refractivity contribution is 7.91. The van der Waals surface area contributed by atoms with Crippen molar-refractivity contribution >= 4 is 38.2 Å². The summed E-state index contributed by atoms with van der Waals surface area (Å²) < 4.78 is 42.7. The summed E-state index contributed by atoms with van der Waals surface area (Å²) in [5.74, 6) is 3.92. The fourth-order valence-electron chi connectivity index (χ4n) is 3.52. The Morgan fingerprint density at radius 3 is 2.59 bits per heavy atom. The molecule has 0 saturated heterocycles. The summed E-state index contributed by atoms with van der Waals surface area (Å²) in [5, 5.41) is 20.4. The molecule has 0 aliphatic carbocycles. The number of carbonyl (C=O) groups is 1. The van der Waals surface area contributed by atoms with Gasteiger partial charge in [0.15, 0.2) is 0 Å². The Morgan fingerprint density at radius 1 is 1.15 bits per heavy atom. The first-order chi connectivity index (χ1) is 16.1. The number of nitrogens with one attached hydrogen (secondary N) is 1. The quantitative estimate of drug-likeness (QED) is 0.353. The van der Waals surface area contributed by atoms with E-state index in [1.54, 1.807) is 29.9 Å². The minimum atomic E-state index is -4.15. The SMILES string of the molecule is Cn1cc(C[C@H](NS(=O)(=O)c2ccc(C#Cc3ccc(F)cc3)s2)C(=O)O)c2c(O)cccc21. The predicted molar refractivity (Wildman–Crippen MR) is 127 cm³/mol. The monoisotopic (exact) mass is 498 g/mol. The van der Waals surface area contributed by atoms with Crippen molar-refractivity contribution in [1.82, 2.24) is 9.29 Å². The number of halogens is 1. The van der Waals surface area contributed by atoms with Gasteiger partial charge >= 0.3 is 5.97 Å². The van der Waals surface area contributed by atoms with Gasteiger partial charge < -0.3 is 14.8 Å². The number of carboxylic acids is 1. The molecule has 0 amide bonds. The fraction of sp³-hybridized carbons (Fsp3) is 0.125. The number of phenolic OH excluding ortho intramolecular Hbond substituents is 1. The van der Waals surface area contributed by atoms with Crippen molar-refractivity contribution in [3.8, 4) is 17.6 Å². The number of aliphatic carboxylic acids is 1. The number of carboxylic acid groups (broad SMARTS) is 1. The van der Waals surface area contributed by atoms with Gasteiger partial charge in [0.25, 0.3) is 10.0 Å². The molecule has 10 heteroatoms. The number of sulfonamides is 1. The molecule has 3 N–H and O–H groups in total. The molecule has 2 aromatic heterocycles. The van der Waals surface area contributed by atoms with Crippen LogP contribution in [0.3, 0.4) is 0 Å². The fourth-order valence-corrected chi connectivity index (χ4v) is 5.88. The van der Waals surface area contributed by atoms with E-state index in [0.717, 1.165) is 11.3 Å². The molecular formula is C24H19FN2O5S2. The second kappa shape index (κ2) is 9.30. The van der Waals surface area contributed by atoms with E-state index in [-0.39, 0.29) is 22.2 Å². The summed E-state index contributed by atoms with van der Waals surface area (Å²) in [4.78, 5) is 12.3. The van der Waals surface area contributed by atoms with Gasteiger partial charge in [0.2, 0.25) is 0 Å². The third-order valence-corrected chi connectivity index (χ3v) is 8.08. The highest BCUT2D eigenvalue weighted by atomic mass is 32.2. The molecular weight excluding hydrogens is 479 g/mol. The number of fused-ring (bicyclic) bond motifs is 1. The van der Waals surface area contributed by atoms with Gasteiger partial charge in [0.05, 0.1) is 10.4 Å². The summed E-state index contributed by atoms with van der Waals surface area (Å²) in [6.45, 7) is 0. The Hall–Kier alpha value is -3.65. The van der Waals surface area contributed by atoms with Gasteiger partial charge in [-0.05, 0) is 54.1 Å². The van der Waals surface area contributed by atoms with Crippen molar-refractivity contribution in [1.29, 1.82) is 0 Å². The van der Waals surface area contributed by atoms with Gasteiger partial charge in [-0.2, -0.15) is 4.72 Å².